The first-order valence-electron chi connectivity index (χ1n) is 5.92. The van der Waals surface area contributed by atoms with Gasteiger partial charge >= 0.3 is 0 Å². The van der Waals surface area contributed by atoms with Crippen LogP contribution >= 0.6 is 0 Å². The predicted octanol–water partition coefficient (Wildman–Crippen LogP) is 1.69. The number of carbonyl (C=O) groups excluding carboxylic acids is 1. The van der Waals surface area contributed by atoms with Gasteiger partial charge in [0.05, 0.1) is 6.54 Å². The van der Waals surface area contributed by atoms with Crippen molar-refractivity contribution in [2.75, 3.05) is 32.1 Å². The smallest absolute Gasteiger partial charge is 0.241 e. The van der Waals surface area contributed by atoms with Gasteiger partial charge in [-0.05, 0) is 25.5 Å². The molecule has 0 atom stereocenters. The van der Waals surface area contributed by atoms with Gasteiger partial charge in [-0.2, -0.15) is 0 Å². The third-order valence-electron chi connectivity index (χ3n) is 2.56. The Kier molecular flexibility index (Phi) is 4.94. The molecule has 0 aliphatic rings. The number of likely N-dealkylation sites (N-methyl/N-ethyl adjacent to an activating group) is 1. The second-order valence-corrected chi connectivity index (χ2v) is 4.37. The van der Waals surface area contributed by atoms with Crippen LogP contribution in [0.5, 0.6) is 0 Å². The SMILES string of the molecule is CCCN(CC(=O)N(C)C)c1ccnc(C)c1. The van der Waals surface area contributed by atoms with Crippen LogP contribution in [0.1, 0.15) is 19.0 Å². The molecule has 0 bridgehead atoms. The average Bonchev–Trinajstić information content (AvgIpc) is 2.28. The summed E-state index contributed by atoms with van der Waals surface area (Å²) in [4.78, 5) is 19.6. The molecule has 0 radical (unpaired) electrons. The summed E-state index contributed by atoms with van der Waals surface area (Å²) < 4.78 is 0. The van der Waals surface area contributed by atoms with E-state index in [2.05, 4.69) is 16.8 Å². The number of carbonyl (C=O) groups is 1. The summed E-state index contributed by atoms with van der Waals surface area (Å²) >= 11 is 0. The molecule has 1 amide bonds. The van der Waals surface area contributed by atoms with E-state index in [0.29, 0.717) is 6.54 Å². The van der Waals surface area contributed by atoms with Gasteiger partial charge in [-0.3, -0.25) is 9.78 Å². The van der Waals surface area contributed by atoms with E-state index in [-0.39, 0.29) is 5.91 Å². The minimum atomic E-state index is 0.118. The summed E-state index contributed by atoms with van der Waals surface area (Å²) in [6.45, 7) is 5.37. The number of hydrogen-bond acceptors (Lipinski definition) is 3. The van der Waals surface area contributed by atoms with Crippen LogP contribution in [0.15, 0.2) is 18.3 Å². The number of anilines is 1. The maximum absolute atomic E-state index is 11.8. The molecule has 0 saturated carbocycles. The van der Waals surface area contributed by atoms with E-state index >= 15 is 0 Å². The zero-order valence-corrected chi connectivity index (χ0v) is 11.1. The molecule has 0 aromatic carbocycles. The van der Waals surface area contributed by atoms with Gasteiger partial charge in [-0.25, -0.2) is 0 Å². The topological polar surface area (TPSA) is 36.4 Å². The second kappa shape index (κ2) is 6.23. The summed E-state index contributed by atoms with van der Waals surface area (Å²) in [5.41, 5.74) is 2.04. The van der Waals surface area contributed by atoms with Crippen LogP contribution in [0.3, 0.4) is 0 Å². The Morgan fingerprint density at radius 3 is 2.65 bits per heavy atom. The van der Waals surface area contributed by atoms with Gasteiger partial charge in [0.15, 0.2) is 0 Å². The van der Waals surface area contributed by atoms with Crippen molar-refractivity contribution < 1.29 is 4.79 Å². The molecule has 0 N–H and O–H groups in total. The zero-order valence-electron chi connectivity index (χ0n) is 11.1. The van der Waals surface area contributed by atoms with Crippen molar-refractivity contribution in [2.24, 2.45) is 0 Å². The molecular weight excluding hydrogens is 214 g/mol. The van der Waals surface area contributed by atoms with Crippen molar-refractivity contribution in [3.05, 3.63) is 24.0 Å². The molecule has 94 valence electrons. The van der Waals surface area contributed by atoms with E-state index in [0.717, 1.165) is 24.3 Å². The molecule has 0 saturated heterocycles. The number of pyridine rings is 1. The Balaban J connectivity index is 2.82. The van der Waals surface area contributed by atoms with E-state index in [1.807, 2.05) is 19.1 Å². The molecule has 1 aromatic rings. The lowest BCUT2D eigenvalue weighted by Crippen LogP contribution is -2.37. The van der Waals surface area contributed by atoms with Crippen LogP contribution in [0.4, 0.5) is 5.69 Å². The van der Waals surface area contributed by atoms with Gasteiger partial charge < -0.3 is 9.80 Å². The van der Waals surface area contributed by atoms with Crippen molar-refractivity contribution in [1.29, 1.82) is 0 Å². The first-order chi connectivity index (χ1) is 8.04. The fourth-order valence-electron chi connectivity index (χ4n) is 1.60. The number of hydrogen-bond donors (Lipinski definition) is 0. The highest BCUT2D eigenvalue weighted by Gasteiger charge is 2.12. The van der Waals surface area contributed by atoms with Crippen molar-refractivity contribution in [2.45, 2.75) is 20.3 Å². The average molecular weight is 235 g/mol. The molecule has 0 spiro atoms. The first kappa shape index (κ1) is 13.5. The van der Waals surface area contributed by atoms with E-state index < -0.39 is 0 Å². The van der Waals surface area contributed by atoms with Gasteiger partial charge in [0.1, 0.15) is 0 Å². The molecule has 1 heterocycles. The minimum Gasteiger partial charge on any atom is -0.362 e. The van der Waals surface area contributed by atoms with Crippen molar-refractivity contribution in [1.82, 2.24) is 9.88 Å². The van der Waals surface area contributed by atoms with Crippen LogP contribution in [0.2, 0.25) is 0 Å². The summed E-state index contributed by atoms with van der Waals surface area (Å²) in [6.07, 6.45) is 2.80. The highest BCUT2D eigenvalue weighted by atomic mass is 16.2. The molecule has 0 aliphatic carbocycles. The van der Waals surface area contributed by atoms with Gasteiger partial charge in [0.2, 0.25) is 5.91 Å². The monoisotopic (exact) mass is 235 g/mol. The molecule has 1 rings (SSSR count). The number of rotatable bonds is 5. The standard InChI is InChI=1S/C13H21N3O/c1-5-8-16(10-13(17)15(3)4)12-6-7-14-11(2)9-12/h6-7,9H,5,8,10H2,1-4H3. The summed E-state index contributed by atoms with van der Waals surface area (Å²) in [5.74, 6) is 0.118. The molecular formula is C13H21N3O. The van der Waals surface area contributed by atoms with Crippen molar-refractivity contribution in [3.63, 3.8) is 0 Å². The summed E-state index contributed by atoms with van der Waals surface area (Å²) in [5, 5.41) is 0. The fraction of sp³-hybridized carbons (Fsp3) is 0.538. The van der Waals surface area contributed by atoms with E-state index in [1.54, 1.807) is 25.2 Å². The van der Waals surface area contributed by atoms with Crippen LogP contribution in [0, 0.1) is 6.92 Å². The third kappa shape index (κ3) is 4.06. The quantitative estimate of drug-likeness (QED) is 0.779. The Labute approximate surface area is 103 Å². The lowest BCUT2D eigenvalue weighted by atomic mass is 10.2. The van der Waals surface area contributed by atoms with E-state index in [9.17, 15) is 4.79 Å². The first-order valence-corrected chi connectivity index (χ1v) is 5.92. The molecule has 1 aromatic heterocycles. The lowest BCUT2D eigenvalue weighted by molar-refractivity contribution is -0.127. The van der Waals surface area contributed by atoms with Crippen LogP contribution in [-0.2, 0) is 4.79 Å². The molecule has 0 unspecified atom stereocenters. The second-order valence-electron chi connectivity index (χ2n) is 4.37. The highest BCUT2D eigenvalue weighted by molar-refractivity contribution is 5.81. The largest absolute Gasteiger partial charge is 0.362 e. The van der Waals surface area contributed by atoms with Gasteiger partial charge in [-0.1, -0.05) is 6.92 Å². The number of aromatic nitrogens is 1. The van der Waals surface area contributed by atoms with Crippen LogP contribution in [0.25, 0.3) is 0 Å². The summed E-state index contributed by atoms with van der Waals surface area (Å²) in [6, 6.07) is 3.96. The van der Waals surface area contributed by atoms with Crippen LogP contribution < -0.4 is 4.90 Å². The van der Waals surface area contributed by atoms with Crippen LogP contribution in [-0.4, -0.2) is 43.0 Å². The zero-order chi connectivity index (χ0) is 12.8. The Morgan fingerprint density at radius 2 is 2.12 bits per heavy atom. The lowest BCUT2D eigenvalue weighted by Gasteiger charge is -2.25. The molecule has 0 aliphatic heterocycles. The number of amides is 1. The Bertz CT molecular complexity index is 377. The maximum Gasteiger partial charge on any atom is 0.241 e. The van der Waals surface area contributed by atoms with Gasteiger partial charge in [-0.15, -0.1) is 0 Å². The number of nitrogens with zero attached hydrogens (tertiary/aromatic N) is 3. The van der Waals surface area contributed by atoms with Gasteiger partial charge in [0.25, 0.3) is 0 Å². The van der Waals surface area contributed by atoms with E-state index in [1.165, 1.54) is 0 Å². The normalized spacial score (nSPS) is 10.1. The molecule has 4 nitrogen and oxygen atoms in total. The fourth-order valence-corrected chi connectivity index (χ4v) is 1.60. The van der Waals surface area contributed by atoms with E-state index in [4.69, 9.17) is 0 Å². The highest BCUT2D eigenvalue weighted by Crippen LogP contribution is 2.14. The van der Waals surface area contributed by atoms with Crippen molar-refractivity contribution >= 4 is 11.6 Å². The molecule has 0 fully saturated rings. The molecule has 4 heteroatoms. The summed E-state index contributed by atoms with van der Waals surface area (Å²) in [7, 11) is 3.56. The predicted molar refractivity (Wildman–Crippen MR) is 70.2 cm³/mol. The molecule has 17 heavy (non-hydrogen) atoms. The van der Waals surface area contributed by atoms with Crippen molar-refractivity contribution in [3.8, 4) is 0 Å². The van der Waals surface area contributed by atoms with Gasteiger partial charge in [0, 0.05) is 38.2 Å². The maximum atomic E-state index is 11.8. The Hall–Kier alpha value is -1.58. The minimum absolute atomic E-state index is 0.118. The Morgan fingerprint density at radius 1 is 1.41 bits per heavy atom. The number of aryl methyl sites for hydroxylation is 1. The third-order valence-corrected chi connectivity index (χ3v) is 2.56.